The number of ketones is 2. The van der Waals surface area contributed by atoms with Gasteiger partial charge in [-0.05, 0) is 18.8 Å². The molecule has 72 valence electrons. The van der Waals surface area contributed by atoms with Gasteiger partial charge in [0.2, 0.25) is 0 Å². The fraction of sp³-hybridized carbons (Fsp3) is 0.818. The predicted molar refractivity (Wildman–Crippen MR) is 49.2 cm³/mol. The molecule has 2 fully saturated rings. The Balaban J connectivity index is 2.47. The number of carbonyl (C=O) groups is 2. The number of carbonyl (C=O) groups excluding carboxylic acids is 2. The van der Waals surface area contributed by atoms with E-state index >= 15 is 0 Å². The van der Waals surface area contributed by atoms with Gasteiger partial charge in [0.25, 0.3) is 0 Å². The van der Waals surface area contributed by atoms with Crippen LogP contribution in [0.4, 0.5) is 0 Å². The van der Waals surface area contributed by atoms with Crippen LogP contribution in [0.5, 0.6) is 0 Å². The minimum absolute atomic E-state index is 0.0463. The fourth-order valence-electron chi connectivity index (χ4n) is 2.85. The molecule has 2 aliphatic carbocycles. The molecule has 4 atom stereocenters. The highest BCUT2D eigenvalue weighted by Crippen LogP contribution is 2.51. The molecule has 2 rings (SSSR count). The van der Waals surface area contributed by atoms with Gasteiger partial charge in [-0.15, -0.1) is 0 Å². The lowest BCUT2D eigenvalue weighted by atomic mass is 9.70. The SMILES string of the molecule is C[C@H]1CC[C@]2(C)C(=O)[C@H]1C(=O)[C@@H]2C. The Bertz CT molecular complexity index is 282. The summed E-state index contributed by atoms with van der Waals surface area (Å²) >= 11 is 0. The molecule has 0 radical (unpaired) electrons. The first-order chi connectivity index (χ1) is 5.98. The first-order valence-corrected chi connectivity index (χ1v) is 5.06. The maximum absolute atomic E-state index is 11.9. The van der Waals surface area contributed by atoms with Crippen molar-refractivity contribution in [3.63, 3.8) is 0 Å². The molecule has 0 saturated heterocycles. The lowest BCUT2D eigenvalue weighted by Crippen LogP contribution is -2.35. The molecule has 0 heterocycles. The van der Waals surface area contributed by atoms with E-state index in [1.54, 1.807) is 0 Å². The summed E-state index contributed by atoms with van der Waals surface area (Å²) in [5.41, 5.74) is -0.325. The number of Topliss-reactive ketones (excluding diaryl/α,β-unsaturated/α-hetero) is 2. The Kier molecular flexibility index (Phi) is 1.67. The zero-order chi connectivity index (χ0) is 9.80. The second kappa shape index (κ2) is 2.43. The van der Waals surface area contributed by atoms with Crippen LogP contribution in [-0.4, -0.2) is 11.6 Å². The lowest BCUT2D eigenvalue weighted by Gasteiger charge is -2.31. The Morgan fingerprint density at radius 2 is 1.92 bits per heavy atom. The van der Waals surface area contributed by atoms with Gasteiger partial charge in [-0.3, -0.25) is 9.59 Å². The standard InChI is InChI=1S/C11H16O2/c1-6-4-5-11(3)7(2)9(12)8(6)10(11)13/h6-8H,4-5H2,1-3H3/t6-,7-,8+,11-/m0/s1. The normalized spacial score (nSPS) is 49.9. The van der Waals surface area contributed by atoms with Crippen molar-refractivity contribution in [2.24, 2.45) is 23.2 Å². The molecule has 13 heavy (non-hydrogen) atoms. The molecule has 0 aromatic heterocycles. The van der Waals surface area contributed by atoms with E-state index in [4.69, 9.17) is 0 Å². The van der Waals surface area contributed by atoms with Crippen LogP contribution in [0.25, 0.3) is 0 Å². The van der Waals surface area contributed by atoms with E-state index in [0.717, 1.165) is 12.8 Å². The van der Waals surface area contributed by atoms with E-state index in [1.165, 1.54) is 0 Å². The quantitative estimate of drug-likeness (QED) is 0.533. The topological polar surface area (TPSA) is 34.1 Å². The second-order valence-corrected chi connectivity index (χ2v) is 4.90. The zero-order valence-corrected chi connectivity index (χ0v) is 8.46. The third kappa shape index (κ3) is 0.890. The van der Waals surface area contributed by atoms with Gasteiger partial charge >= 0.3 is 0 Å². The summed E-state index contributed by atoms with van der Waals surface area (Å²) in [6, 6.07) is 0. The molecule has 2 nitrogen and oxygen atoms in total. The number of rotatable bonds is 0. The van der Waals surface area contributed by atoms with E-state index in [9.17, 15) is 9.59 Å². The largest absolute Gasteiger partial charge is 0.299 e. The molecule has 0 amide bonds. The molecular weight excluding hydrogens is 164 g/mol. The maximum Gasteiger partial charge on any atom is 0.150 e. The van der Waals surface area contributed by atoms with E-state index < -0.39 is 0 Å². The van der Waals surface area contributed by atoms with Gasteiger partial charge in [0.1, 0.15) is 11.6 Å². The first-order valence-electron chi connectivity index (χ1n) is 5.06. The molecule has 0 unspecified atom stereocenters. The van der Waals surface area contributed by atoms with Crippen LogP contribution >= 0.6 is 0 Å². The zero-order valence-electron chi connectivity index (χ0n) is 8.46. The van der Waals surface area contributed by atoms with Crippen LogP contribution in [0.3, 0.4) is 0 Å². The van der Waals surface area contributed by atoms with Crippen molar-refractivity contribution in [2.75, 3.05) is 0 Å². The van der Waals surface area contributed by atoms with Crippen molar-refractivity contribution in [1.29, 1.82) is 0 Å². The number of fused-ring (bicyclic) bond motifs is 2. The smallest absolute Gasteiger partial charge is 0.150 e. The van der Waals surface area contributed by atoms with Crippen LogP contribution in [0.2, 0.25) is 0 Å². The van der Waals surface area contributed by atoms with Gasteiger partial charge in [-0.2, -0.15) is 0 Å². The van der Waals surface area contributed by atoms with Crippen molar-refractivity contribution in [3.8, 4) is 0 Å². The van der Waals surface area contributed by atoms with Crippen LogP contribution in [0, 0.1) is 23.2 Å². The van der Waals surface area contributed by atoms with Crippen LogP contribution < -0.4 is 0 Å². The molecule has 0 aliphatic heterocycles. The van der Waals surface area contributed by atoms with E-state index in [2.05, 4.69) is 0 Å². The van der Waals surface area contributed by atoms with Gasteiger partial charge in [0.15, 0.2) is 0 Å². The second-order valence-electron chi connectivity index (χ2n) is 4.90. The van der Waals surface area contributed by atoms with E-state index in [-0.39, 0.29) is 34.7 Å². The average Bonchev–Trinajstić information content (AvgIpc) is 2.19. The van der Waals surface area contributed by atoms with Crippen LogP contribution in [0.1, 0.15) is 33.6 Å². The molecule has 0 aromatic rings. The summed E-state index contributed by atoms with van der Waals surface area (Å²) < 4.78 is 0. The van der Waals surface area contributed by atoms with E-state index in [0.29, 0.717) is 0 Å². The minimum Gasteiger partial charge on any atom is -0.299 e. The summed E-state index contributed by atoms with van der Waals surface area (Å²) in [5.74, 6) is 0.364. The molecule has 2 saturated carbocycles. The third-order valence-electron chi connectivity index (χ3n) is 4.22. The Hall–Kier alpha value is -0.660. The summed E-state index contributed by atoms with van der Waals surface area (Å²) in [4.78, 5) is 23.7. The Morgan fingerprint density at radius 3 is 2.46 bits per heavy atom. The summed E-state index contributed by atoms with van der Waals surface area (Å²) in [7, 11) is 0. The van der Waals surface area contributed by atoms with Crippen molar-refractivity contribution >= 4 is 11.6 Å². The monoisotopic (exact) mass is 180 g/mol. The number of hydrogen-bond acceptors (Lipinski definition) is 2. The molecular formula is C11H16O2. The fourth-order valence-corrected chi connectivity index (χ4v) is 2.85. The van der Waals surface area contributed by atoms with Crippen molar-refractivity contribution in [3.05, 3.63) is 0 Å². The van der Waals surface area contributed by atoms with Gasteiger partial charge < -0.3 is 0 Å². The highest BCUT2D eigenvalue weighted by atomic mass is 16.2. The summed E-state index contributed by atoms with van der Waals surface area (Å²) in [6.45, 7) is 5.90. The highest BCUT2D eigenvalue weighted by Gasteiger charge is 2.58. The molecule has 2 aliphatic rings. The van der Waals surface area contributed by atoms with Crippen molar-refractivity contribution in [1.82, 2.24) is 0 Å². The molecule has 0 spiro atoms. The highest BCUT2D eigenvalue weighted by molar-refractivity contribution is 6.13. The molecule has 0 aromatic carbocycles. The Morgan fingerprint density at radius 1 is 1.31 bits per heavy atom. The minimum atomic E-state index is -0.325. The van der Waals surface area contributed by atoms with Gasteiger partial charge in [0, 0.05) is 11.3 Å². The predicted octanol–water partition coefficient (Wildman–Crippen LogP) is 1.83. The van der Waals surface area contributed by atoms with Crippen LogP contribution in [0.15, 0.2) is 0 Å². The van der Waals surface area contributed by atoms with Crippen molar-refractivity contribution in [2.45, 2.75) is 33.6 Å². The summed E-state index contributed by atoms with van der Waals surface area (Å²) in [5, 5.41) is 0. The maximum atomic E-state index is 11.9. The lowest BCUT2D eigenvalue weighted by molar-refractivity contribution is -0.134. The van der Waals surface area contributed by atoms with Gasteiger partial charge in [-0.25, -0.2) is 0 Å². The Labute approximate surface area is 78.7 Å². The first kappa shape index (κ1) is 8.92. The molecule has 0 N–H and O–H groups in total. The van der Waals surface area contributed by atoms with E-state index in [1.807, 2.05) is 20.8 Å². The van der Waals surface area contributed by atoms with Gasteiger partial charge in [0.05, 0.1) is 5.92 Å². The number of hydrogen-bond donors (Lipinski definition) is 0. The van der Waals surface area contributed by atoms with Crippen LogP contribution in [-0.2, 0) is 9.59 Å². The molecule has 2 bridgehead atoms. The third-order valence-corrected chi connectivity index (χ3v) is 4.22. The average molecular weight is 180 g/mol. The molecule has 2 heteroatoms. The van der Waals surface area contributed by atoms with Crippen molar-refractivity contribution < 1.29 is 9.59 Å². The summed E-state index contributed by atoms with van der Waals surface area (Å²) in [6.07, 6.45) is 1.93. The van der Waals surface area contributed by atoms with Gasteiger partial charge in [-0.1, -0.05) is 20.8 Å².